The lowest BCUT2D eigenvalue weighted by Gasteiger charge is -2.21. The van der Waals surface area contributed by atoms with E-state index < -0.39 is 50.5 Å². The summed E-state index contributed by atoms with van der Waals surface area (Å²) in [5, 5.41) is 2.53. The van der Waals surface area contributed by atoms with Crippen LogP contribution in [0.5, 0.6) is 0 Å². The van der Waals surface area contributed by atoms with Crippen LogP contribution in [0.3, 0.4) is 0 Å². The molecule has 1 fully saturated rings. The summed E-state index contributed by atoms with van der Waals surface area (Å²) < 4.78 is 60.2. The molecule has 1 atom stereocenters. The molecule has 1 aliphatic rings. The number of carbonyl (C=O) groups is 2. The second-order valence-electron chi connectivity index (χ2n) is 9.16. The zero-order valence-corrected chi connectivity index (χ0v) is 22.6. The third kappa shape index (κ3) is 7.84. The fraction of sp³-hybridized carbons (Fsp3) is 0.440. The molecule has 12 heteroatoms. The first-order chi connectivity index (χ1) is 17.5. The molecule has 0 radical (unpaired) electrons. The van der Waals surface area contributed by atoms with E-state index in [-0.39, 0.29) is 15.5 Å². The number of rotatable bonds is 10. The molecule has 0 aromatic heterocycles. The van der Waals surface area contributed by atoms with Gasteiger partial charge < -0.3 is 10.1 Å². The number of hydrogen-bond donors (Lipinski definition) is 2. The van der Waals surface area contributed by atoms with E-state index in [1.165, 1.54) is 40.7 Å². The quantitative estimate of drug-likeness (QED) is 0.433. The summed E-state index contributed by atoms with van der Waals surface area (Å²) in [6.07, 6.45) is 3.60. The lowest BCUT2D eigenvalue weighted by atomic mass is 10.1. The lowest BCUT2D eigenvalue weighted by Crippen LogP contribution is -2.45. The van der Waals surface area contributed by atoms with E-state index in [9.17, 15) is 26.4 Å². The van der Waals surface area contributed by atoms with Crippen molar-refractivity contribution in [3.8, 4) is 0 Å². The predicted octanol–water partition coefficient (Wildman–Crippen LogP) is 2.74. The molecule has 0 spiro atoms. The van der Waals surface area contributed by atoms with Gasteiger partial charge in [0, 0.05) is 18.8 Å². The van der Waals surface area contributed by atoms with Crippen LogP contribution in [0, 0.1) is 5.92 Å². The first-order valence-corrected chi connectivity index (χ1v) is 15.1. The molecule has 1 saturated heterocycles. The summed E-state index contributed by atoms with van der Waals surface area (Å²) in [5.74, 6) is -2.04. The number of anilines is 1. The van der Waals surface area contributed by atoms with Gasteiger partial charge >= 0.3 is 5.97 Å². The van der Waals surface area contributed by atoms with Crippen LogP contribution in [0.2, 0.25) is 0 Å². The highest BCUT2D eigenvalue weighted by atomic mass is 32.2. The maximum Gasteiger partial charge on any atom is 0.324 e. The Morgan fingerprint density at radius 1 is 0.892 bits per heavy atom. The Morgan fingerprint density at radius 3 is 2.14 bits per heavy atom. The predicted molar refractivity (Wildman–Crippen MR) is 139 cm³/mol. The standard InChI is InChI=1S/C25H33N3O7S2/c1-19(2)24(27-36(31,32)21-12-6-5-7-13-21)25(30)35-18-23(29)26-20-11-10-14-22(17-20)37(33,34)28-15-8-3-4-9-16-28/h5-7,10-14,17,19,24,27H,3-4,8-9,15-16,18H2,1-2H3,(H,26,29). The number of ether oxygens (including phenoxy) is 1. The molecule has 1 heterocycles. The maximum atomic E-state index is 13.0. The Kier molecular flexibility index (Phi) is 9.82. The zero-order valence-electron chi connectivity index (χ0n) is 20.9. The molecule has 2 aromatic carbocycles. The molecule has 1 amide bonds. The zero-order chi connectivity index (χ0) is 27.1. The van der Waals surface area contributed by atoms with Gasteiger partial charge in [-0.1, -0.05) is 51.0 Å². The summed E-state index contributed by atoms with van der Waals surface area (Å²) >= 11 is 0. The summed E-state index contributed by atoms with van der Waals surface area (Å²) in [6, 6.07) is 12.3. The molecule has 2 N–H and O–H groups in total. The molecular weight excluding hydrogens is 518 g/mol. The van der Waals surface area contributed by atoms with Crippen molar-refractivity contribution in [1.29, 1.82) is 0 Å². The van der Waals surface area contributed by atoms with Gasteiger partial charge in [-0.15, -0.1) is 0 Å². The smallest absolute Gasteiger partial charge is 0.324 e. The van der Waals surface area contributed by atoms with Crippen LogP contribution < -0.4 is 10.0 Å². The topological polar surface area (TPSA) is 139 Å². The van der Waals surface area contributed by atoms with E-state index in [4.69, 9.17) is 4.74 Å². The van der Waals surface area contributed by atoms with Gasteiger partial charge in [0.25, 0.3) is 5.91 Å². The van der Waals surface area contributed by atoms with Crippen molar-refractivity contribution in [3.63, 3.8) is 0 Å². The van der Waals surface area contributed by atoms with Crippen molar-refractivity contribution in [1.82, 2.24) is 9.03 Å². The first-order valence-electron chi connectivity index (χ1n) is 12.1. The minimum Gasteiger partial charge on any atom is -0.454 e. The largest absolute Gasteiger partial charge is 0.454 e. The third-order valence-corrected chi connectivity index (χ3v) is 9.27. The van der Waals surface area contributed by atoms with E-state index in [1.54, 1.807) is 32.0 Å². The van der Waals surface area contributed by atoms with Gasteiger partial charge in [-0.05, 0) is 49.1 Å². The Balaban J connectivity index is 1.61. The van der Waals surface area contributed by atoms with Crippen molar-refractivity contribution in [3.05, 3.63) is 54.6 Å². The third-order valence-electron chi connectivity index (χ3n) is 5.92. The Bertz CT molecular complexity index is 1290. The number of nitrogens with one attached hydrogen (secondary N) is 2. The van der Waals surface area contributed by atoms with E-state index in [1.807, 2.05) is 0 Å². The Hall–Kier alpha value is -2.80. The van der Waals surface area contributed by atoms with Crippen LogP contribution in [0.1, 0.15) is 39.5 Å². The van der Waals surface area contributed by atoms with Gasteiger partial charge in [0.05, 0.1) is 9.79 Å². The van der Waals surface area contributed by atoms with E-state index in [2.05, 4.69) is 10.0 Å². The number of sulfonamides is 2. The average Bonchev–Trinajstić information content (AvgIpc) is 3.17. The second-order valence-corrected chi connectivity index (χ2v) is 12.8. The van der Waals surface area contributed by atoms with Crippen LogP contribution in [0.4, 0.5) is 5.69 Å². The van der Waals surface area contributed by atoms with Crippen molar-refractivity contribution in [2.45, 2.75) is 55.4 Å². The number of amides is 1. The molecule has 1 aliphatic heterocycles. The minimum absolute atomic E-state index is 0.00111. The van der Waals surface area contributed by atoms with Gasteiger partial charge in [0.1, 0.15) is 6.04 Å². The highest BCUT2D eigenvalue weighted by Crippen LogP contribution is 2.22. The van der Waals surface area contributed by atoms with Gasteiger partial charge in [-0.2, -0.15) is 9.03 Å². The van der Waals surface area contributed by atoms with Crippen molar-refractivity contribution >= 4 is 37.6 Å². The molecular formula is C25H33N3O7S2. The highest BCUT2D eigenvalue weighted by molar-refractivity contribution is 7.89. The van der Waals surface area contributed by atoms with Gasteiger partial charge in [-0.25, -0.2) is 16.8 Å². The van der Waals surface area contributed by atoms with Crippen LogP contribution in [-0.2, 0) is 34.4 Å². The van der Waals surface area contributed by atoms with Gasteiger partial charge in [-0.3, -0.25) is 9.59 Å². The maximum absolute atomic E-state index is 13.0. The van der Waals surface area contributed by atoms with Crippen molar-refractivity contribution in [2.75, 3.05) is 25.0 Å². The summed E-state index contributed by atoms with van der Waals surface area (Å²) in [4.78, 5) is 25.1. The van der Waals surface area contributed by atoms with E-state index in [0.29, 0.717) is 13.1 Å². The molecule has 0 aliphatic carbocycles. The number of nitrogens with zero attached hydrogens (tertiary/aromatic N) is 1. The Labute approximate surface area is 218 Å². The van der Waals surface area contributed by atoms with Crippen LogP contribution in [0.15, 0.2) is 64.4 Å². The number of benzene rings is 2. The molecule has 2 aromatic rings. The van der Waals surface area contributed by atoms with E-state index >= 15 is 0 Å². The average molecular weight is 552 g/mol. The number of esters is 1. The minimum atomic E-state index is -3.98. The fourth-order valence-electron chi connectivity index (χ4n) is 3.88. The normalized spacial score (nSPS) is 16.1. The molecule has 0 saturated carbocycles. The van der Waals surface area contributed by atoms with Crippen LogP contribution in [-0.4, -0.2) is 58.8 Å². The summed E-state index contributed by atoms with van der Waals surface area (Å²) in [7, 11) is -7.68. The fourth-order valence-corrected chi connectivity index (χ4v) is 6.80. The SMILES string of the molecule is CC(C)C(NS(=O)(=O)c1ccccc1)C(=O)OCC(=O)Nc1cccc(S(=O)(=O)N2CCCCCC2)c1. The lowest BCUT2D eigenvalue weighted by molar-refractivity contribution is -0.150. The van der Waals surface area contributed by atoms with Gasteiger partial charge in [0.15, 0.2) is 6.61 Å². The summed E-state index contributed by atoms with van der Waals surface area (Å²) in [6.45, 7) is 3.55. The number of hydrogen-bond acceptors (Lipinski definition) is 7. The van der Waals surface area contributed by atoms with Crippen molar-refractivity contribution < 1.29 is 31.2 Å². The van der Waals surface area contributed by atoms with Crippen LogP contribution >= 0.6 is 0 Å². The van der Waals surface area contributed by atoms with Gasteiger partial charge in [0.2, 0.25) is 20.0 Å². The first kappa shape index (κ1) is 28.8. The van der Waals surface area contributed by atoms with Crippen LogP contribution in [0.25, 0.3) is 0 Å². The molecule has 1 unspecified atom stereocenters. The monoisotopic (exact) mass is 551 g/mol. The van der Waals surface area contributed by atoms with Crippen molar-refractivity contribution in [2.24, 2.45) is 5.92 Å². The second kappa shape index (κ2) is 12.6. The molecule has 0 bridgehead atoms. The molecule has 3 rings (SSSR count). The van der Waals surface area contributed by atoms with E-state index in [0.717, 1.165) is 25.7 Å². The molecule has 202 valence electrons. The molecule has 10 nitrogen and oxygen atoms in total. The summed E-state index contributed by atoms with van der Waals surface area (Å²) in [5.41, 5.74) is 0.238. The number of carbonyl (C=O) groups excluding carboxylic acids is 2. The highest BCUT2D eigenvalue weighted by Gasteiger charge is 2.30. The Morgan fingerprint density at radius 2 is 1.51 bits per heavy atom. The molecule has 37 heavy (non-hydrogen) atoms.